The van der Waals surface area contributed by atoms with Crippen LogP contribution in [-0.4, -0.2) is 46.9 Å². The number of ketones is 2. The van der Waals surface area contributed by atoms with E-state index in [4.69, 9.17) is 18.9 Å². The molecule has 0 N–H and O–H groups in total. The monoisotopic (exact) mass is 656 g/mol. The molecule has 0 saturated heterocycles. The van der Waals surface area contributed by atoms with Crippen LogP contribution in [0, 0.1) is 47.3 Å². The molecule has 8 heteroatoms. The first-order valence-electron chi connectivity index (χ1n) is 18.0. The SMILES string of the molecule is CC(C)[C@H]1CC[C@H](C)C[C@@H]1OC(=O)[C@]12Oc3ccccc3C(=O)[C@H]1[C@@H]1C(=O)c3ccccc3O[C@@]12C(=O)O[C@H]1C[C@@H](C)CC[C@@H]1C(C)C. The number of hydrogen-bond acceptors (Lipinski definition) is 8. The number of esters is 2. The molecule has 2 aromatic carbocycles. The molecule has 7 rings (SSSR count). The first kappa shape index (κ1) is 32.8. The summed E-state index contributed by atoms with van der Waals surface area (Å²) >= 11 is 0. The van der Waals surface area contributed by atoms with Crippen LogP contribution in [0.25, 0.3) is 0 Å². The Labute approximate surface area is 283 Å². The highest BCUT2D eigenvalue weighted by molar-refractivity contribution is 6.19. The molecule has 2 aliphatic heterocycles. The van der Waals surface area contributed by atoms with Gasteiger partial charge in [-0.1, -0.05) is 78.6 Å². The molecule has 2 heterocycles. The number of carbonyl (C=O) groups excluding carboxylic acids is 4. The van der Waals surface area contributed by atoms with Gasteiger partial charge in [0, 0.05) is 0 Å². The second-order valence-electron chi connectivity index (χ2n) is 15.9. The van der Waals surface area contributed by atoms with E-state index in [-0.39, 0.29) is 46.3 Å². The van der Waals surface area contributed by atoms with Crippen molar-refractivity contribution in [3.8, 4) is 11.5 Å². The van der Waals surface area contributed by atoms with Gasteiger partial charge in [-0.2, -0.15) is 0 Å². The van der Waals surface area contributed by atoms with Crippen molar-refractivity contribution < 1.29 is 38.1 Å². The van der Waals surface area contributed by atoms with E-state index in [0.717, 1.165) is 25.7 Å². The van der Waals surface area contributed by atoms with Crippen LogP contribution in [0.3, 0.4) is 0 Å². The molecule has 256 valence electrons. The average Bonchev–Trinajstić information content (AvgIpc) is 3.04. The summed E-state index contributed by atoms with van der Waals surface area (Å²) in [6.07, 6.45) is 4.24. The maximum Gasteiger partial charge on any atom is 0.356 e. The Balaban J connectivity index is 1.39. The highest BCUT2D eigenvalue weighted by Gasteiger charge is 2.91. The Kier molecular flexibility index (Phi) is 8.23. The fraction of sp³-hybridized carbons (Fsp3) is 0.600. The van der Waals surface area contributed by atoms with E-state index in [9.17, 15) is 9.59 Å². The summed E-state index contributed by atoms with van der Waals surface area (Å²) in [4.78, 5) is 59.2. The zero-order valence-electron chi connectivity index (χ0n) is 28.9. The predicted octanol–water partition coefficient (Wildman–Crippen LogP) is 7.27. The van der Waals surface area contributed by atoms with Crippen LogP contribution in [0.4, 0.5) is 0 Å². The molecular weight excluding hydrogens is 608 g/mol. The lowest BCUT2D eigenvalue weighted by atomic mass is 9.45. The van der Waals surface area contributed by atoms with Crippen molar-refractivity contribution in [2.24, 2.45) is 47.3 Å². The molecule has 0 unspecified atom stereocenters. The number of carbonyl (C=O) groups is 4. The molecule has 0 aromatic heterocycles. The van der Waals surface area contributed by atoms with Gasteiger partial charge in [-0.05, 0) is 85.5 Å². The van der Waals surface area contributed by atoms with Crippen molar-refractivity contribution in [1.29, 1.82) is 0 Å². The normalized spacial score (nSPS) is 36.8. The maximum absolute atomic E-state index is 15.1. The summed E-state index contributed by atoms with van der Waals surface area (Å²) in [7, 11) is 0. The van der Waals surface area contributed by atoms with Gasteiger partial charge in [0.05, 0.1) is 23.0 Å². The van der Waals surface area contributed by atoms with Crippen LogP contribution in [0.15, 0.2) is 48.5 Å². The van der Waals surface area contributed by atoms with E-state index in [1.165, 1.54) is 0 Å². The Bertz CT molecular complexity index is 1510. The number of rotatable bonds is 6. The maximum atomic E-state index is 15.1. The zero-order valence-corrected chi connectivity index (χ0v) is 28.9. The van der Waals surface area contributed by atoms with Gasteiger partial charge in [-0.25, -0.2) is 9.59 Å². The third kappa shape index (κ3) is 4.75. The molecule has 3 saturated carbocycles. The van der Waals surface area contributed by atoms with Crippen LogP contribution in [0.2, 0.25) is 0 Å². The topological polar surface area (TPSA) is 105 Å². The van der Waals surface area contributed by atoms with Crippen molar-refractivity contribution >= 4 is 23.5 Å². The second-order valence-corrected chi connectivity index (χ2v) is 15.9. The second kappa shape index (κ2) is 12.0. The average molecular weight is 657 g/mol. The van der Waals surface area contributed by atoms with Crippen LogP contribution < -0.4 is 9.47 Å². The Morgan fingerprint density at radius 2 is 1.02 bits per heavy atom. The standard InChI is InChI=1S/C40H48O8/c1-21(2)25-17-15-23(5)19-31(25)45-37(43)39-33(35(41)27-11-7-9-13-29(27)47-39)34-36(42)28-12-8-10-14-30(28)48-40(34,39)38(44)46-32-20-24(6)16-18-26(32)22(3)4/h7-14,21-26,31-34H,15-20H2,1-6H3/t23-,24-,25+,26+,31-,32-,33+,34+,39+,40+/m0/s1. The lowest BCUT2D eigenvalue weighted by Crippen LogP contribution is -2.90. The van der Waals surface area contributed by atoms with Crippen LogP contribution in [0.5, 0.6) is 11.5 Å². The van der Waals surface area contributed by atoms with Gasteiger partial charge in [0.25, 0.3) is 11.2 Å². The lowest BCUT2D eigenvalue weighted by Gasteiger charge is -2.64. The third-order valence-electron chi connectivity index (χ3n) is 12.2. The van der Waals surface area contributed by atoms with Gasteiger partial charge < -0.3 is 18.9 Å². The Hall–Kier alpha value is -3.68. The first-order chi connectivity index (χ1) is 22.9. The molecule has 0 radical (unpaired) electrons. The van der Waals surface area contributed by atoms with E-state index in [1.54, 1.807) is 48.5 Å². The number of hydrogen-bond donors (Lipinski definition) is 0. The molecule has 0 bridgehead atoms. The summed E-state index contributed by atoms with van der Waals surface area (Å²) in [6, 6.07) is 13.3. The van der Waals surface area contributed by atoms with Gasteiger partial charge in [0.15, 0.2) is 11.6 Å². The molecule has 10 atom stereocenters. The van der Waals surface area contributed by atoms with Crippen molar-refractivity contribution in [2.45, 2.75) is 103 Å². The van der Waals surface area contributed by atoms with Crippen LogP contribution in [0.1, 0.15) is 101 Å². The quantitative estimate of drug-likeness (QED) is 0.299. The molecule has 8 nitrogen and oxygen atoms in total. The van der Waals surface area contributed by atoms with E-state index >= 15 is 9.59 Å². The Morgan fingerprint density at radius 3 is 1.40 bits per heavy atom. The van der Waals surface area contributed by atoms with Gasteiger partial charge in [-0.15, -0.1) is 0 Å². The summed E-state index contributed by atoms with van der Waals surface area (Å²) in [5.41, 5.74) is -4.02. The molecule has 3 fully saturated rings. The summed E-state index contributed by atoms with van der Waals surface area (Å²) < 4.78 is 26.3. The molecule has 48 heavy (non-hydrogen) atoms. The van der Waals surface area contributed by atoms with Gasteiger partial charge >= 0.3 is 11.9 Å². The molecule has 0 amide bonds. The van der Waals surface area contributed by atoms with Crippen molar-refractivity contribution in [3.05, 3.63) is 59.7 Å². The minimum atomic E-state index is -2.26. The molecular formula is C40H48O8. The first-order valence-corrected chi connectivity index (χ1v) is 18.0. The van der Waals surface area contributed by atoms with Crippen LogP contribution >= 0.6 is 0 Å². The van der Waals surface area contributed by atoms with Gasteiger partial charge in [0.1, 0.15) is 23.7 Å². The zero-order chi connectivity index (χ0) is 34.1. The van der Waals surface area contributed by atoms with Gasteiger partial charge in [0.2, 0.25) is 0 Å². The largest absolute Gasteiger partial charge is 0.469 e. The highest BCUT2D eigenvalue weighted by Crippen LogP contribution is 2.65. The summed E-state index contributed by atoms with van der Waals surface area (Å²) in [5.74, 6) is -3.62. The number of ether oxygens (including phenoxy) is 4. The van der Waals surface area contributed by atoms with Crippen molar-refractivity contribution in [1.82, 2.24) is 0 Å². The molecule has 3 aliphatic carbocycles. The number of benzene rings is 2. The lowest BCUT2D eigenvalue weighted by molar-refractivity contribution is -0.269. The smallest absolute Gasteiger partial charge is 0.356 e. The Morgan fingerprint density at radius 1 is 0.646 bits per heavy atom. The van der Waals surface area contributed by atoms with Crippen molar-refractivity contribution in [3.63, 3.8) is 0 Å². The minimum Gasteiger partial charge on any atom is -0.469 e. The number of para-hydroxylation sites is 2. The number of Topliss-reactive ketones (excluding diaryl/α,β-unsaturated/α-hetero) is 2. The van der Waals surface area contributed by atoms with Crippen molar-refractivity contribution in [2.75, 3.05) is 0 Å². The van der Waals surface area contributed by atoms with E-state index < -0.39 is 58.8 Å². The number of fused-ring (bicyclic) bond motifs is 6. The molecule has 0 spiro atoms. The van der Waals surface area contributed by atoms with E-state index in [0.29, 0.717) is 24.7 Å². The highest BCUT2D eigenvalue weighted by atomic mass is 16.6. The van der Waals surface area contributed by atoms with Crippen LogP contribution in [-0.2, 0) is 19.1 Å². The van der Waals surface area contributed by atoms with E-state index in [2.05, 4.69) is 41.5 Å². The summed E-state index contributed by atoms with van der Waals surface area (Å²) in [6.45, 7) is 12.8. The predicted molar refractivity (Wildman–Crippen MR) is 178 cm³/mol. The fourth-order valence-corrected chi connectivity index (χ4v) is 9.58. The summed E-state index contributed by atoms with van der Waals surface area (Å²) in [5, 5.41) is 0. The molecule has 2 aromatic rings. The molecule has 5 aliphatic rings. The van der Waals surface area contributed by atoms with Gasteiger partial charge in [-0.3, -0.25) is 9.59 Å². The minimum absolute atomic E-state index is 0.0931. The third-order valence-corrected chi connectivity index (χ3v) is 12.2. The van der Waals surface area contributed by atoms with E-state index in [1.807, 2.05) is 0 Å². The fourth-order valence-electron chi connectivity index (χ4n) is 9.58.